The third-order valence-corrected chi connectivity index (χ3v) is 2.59. The lowest BCUT2D eigenvalue weighted by molar-refractivity contribution is -0.0498. The molecule has 6 heteroatoms. The number of alkyl carbamates (subject to hydrolysis) is 1. The molecule has 92 valence electrons. The second-order valence-corrected chi connectivity index (χ2v) is 3.94. The van der Waals surface area contributed by atoms with Crippen molar-refractivity contribution in [2.24, 2.45) is 0 Å². The minimum Gasteiger partial charge on any atom is -0.447 e. The van der Waals surface area contributed by atoms with E-state index >= 15 is 0 Å². The lowest BCUT2D eigenvalue weighted by atomic mass is 9.94. The summed E-state index contributed by atoms with van der Waals surface area (Å²) in [4.78, 5) is 11.0. The molecule has 1 fully saturated rings. The standard InChI is InChI=1S/C11H11F2NO3/c1-11(6-16-10(15)14-11)7-2-4-8(5-3-7)17-9(12)13/h2-5,9H,6H2,1H3,(H,14,15). The van der Waals surface area contributed by atoms with Crippen LogP contribution in [0.1, 0.15) is 12.5 Å². The number of hydrogen-bond acceptors (Lipinski definition) is 3. The number of amides is 1. The summed E-state index contributed by atoms with van der Waals surface area (Å²) in [5.74, 6) is 0.0811. The average Bonchev–Trinajstić information content (AvgIpc) is 2.60. The Morgan fingerprint density at radius 3 is 2.53 bits per heavy atom. The smallest absolute Gasteiger partial charge is 0.408 e. The van der Waals surface area contributed by atoms with Gasteiger partial charge in [-0.2, -0.15) is 8.78 Å². The number of carbonyl (C=O) groups is 1. The zero-order valence-electron chi connectivity index (χ0n) is 9.07. The van der Waals surface area contributed by atoms with Crippen molar-refractivity contribution in [3.05, 3.63) is 29.8 Å². The number of hydrogen-bond donors (Lipinski definition) is 1. The Balaban J connectivity index is 2.15. The van der Waals surface area contributed by atoms with E-state index in [0.29, 0.717) is 0 Å². The van der Waals surface area contributed by atoms with Crippen molar-refractivity contribution >= 4 is 6.09 Å². The predicted octanol–water partition coefficient (Wildman–Crippen LogP) is 2.24. The normalized spacial score (nSPS) is 23.4. The van der Waals surface area contributed by atoms with E-state index in [9.17, 15) is 13.6 Å². The fourth-order valence-corrected chi connectivity index (χ4v) is 1.67. The van der Waals surface area contributed by atoms with Gasteiger partial charge < -0.3 is 14.8 Å². The van der Waals surface area contributed by atoms with E-state index < -0.39 is 18.2 Å². The first kappa shape index (κ1) is 11.6. The van der Waals surface area contributed by atoms with Gasteiger partial charge in [0.25, 0.3) is 0 Å². The van der Waals surface area contributed by atoms with Crippen LogP contribution in [0.3, 0.4) is 0 Å². The number of alkyl halides is 2. The van der Waals surface area contributed by atoms with E-state index in [1.807, 2.05) is 0 Å². The summed E-state index contributed by atoms with van der Waals surface area (Å²) in [7, 11) is 0. The summed E-state index contributed by atoms with van der Waals surface area (Å²) in [6.07, 6.45) is -0.486. The second kappa shape index (κ2) is 4.20. The van der Waals surface area contributed by atoms with Crippen LogP contribution >= 0.6 is 0 Å². The van der Waals surface area contributed by atoms with Crippen LogP contribution < -0.4 is 10.1 Å². The van der Waals surface area contributed by atoms with Gasteiger partial charge in [0.1, 0.15) is 12.4 Å². The molecule has 0 bridgehead atoms. The van der Waals surface area contributed by atoms with Crippen LogP contribution in [0.15, 0.2) is 24.3 Å². The van der Waals surface area contributed by atoms with Crippen molar-refractivity contribution in [3.8, 4) is 5.75 Å². The average molecular weight is 243 g/mol. The van der Waals surface area contributed by atoms with Crippen LogP contribution in [0.4, 0.5) is 13.6 Å². The molecule has 1 atom stereocenters. The third kappa shape index (κ3) is 2.46. The highest BCUT2D eigenvalue weighted by Gasteiger charge is 2.36. The molecular weight excluding hydrogens is 232 g/mol. The molecule has 17 heavy (non-hydrogen) atoms. The molecule has 0 aliphatic carbocycles. The van der Waals surface area contributed by atoms with Gasteiger partial charge in [0, 0.05) is 0 Å². The minimum absolute atomic E-state index is 0.0811. The monoisotopic (exact) mass is 243 g/mol. The maximum Gasteiger partial charge on any atom is 0.408 e. The first-order valence-corrected chi connectivity index (χ1v) is 5.00. The van der Waals surface area contributed by atoms with Crippen LogP contribution in [0, 0.1) is 0 Å². The predicted molar refractivity (Wildman–Crippen MR) is 54.9 cm³/mol. The molecule has 1 N–H and O–H groups in total. The molecular formula is C11H11F2NO3. The summed E-state index contributed by atoms with van der Waals surface area (Å²) in [6, 6.07) is 6.09. The van der Waals surface area contributed by atoms with Crippen molar-refractivity contribution in [2.75, 3.05) is 6.61 Å². The van der Waals surface area contributed by atoms with Crippen molar-refractivity contribution in [1.29, 1.82) is 0 Å². The van der Waals surface area contributed by atoms with Gasteiger partial charge in [-0.1, -0.05) is 12.1 Å². The van der Waals surface area contributed by atoms with Gasteiger partial charge in [0.2, 0.25) is 0 Å². The summed E-state index contributed by atoms with van der Waals surface area (Å²) < 4.78 is 32.9. The molecule has 1 saturated heterocycles. The molecule has 0 saturated carbocycles. The Morgan fingerprint density at radius 2 is 2.06 bits per heavy atom. The van der Waals surface area contributed by atoms with Crippen LogP contribution in [0.2, 0.25) is 0 Å². The minimum atomic E-state index is -2.84. The number of nitrogens with one attached hydrogen (secondary N) is 1. The zero-order valence-corrected chi connectivity index (χ0v) is 9.07. The molecule has 1 aromatic rings. The molecule has 1 amide bonds. The number of cyclic esters (lactones) is 1. The van der Waals surface area contributed by atoms with E-state index in [-0.39, 0.29) is 12.4 Å². The Bertz CT molecular complexity index is 421. The topological polar surface area (TPSA) is 47.6 Å². The summed E-state index contributed by atoms with van der Waals surface area (Å²) >= 11 is 0. The SMILES string of the molecule is CC1(c2ccc(OC(F)F)cc2)COC(=O)N1. The Kier molecular flexibility index (Phi) is 2.87. The number of halogens is 2. The lowest BCUT2D eigenvalue weighted by Crippen LogP contribution is -2.37. The molecule has 0 spiro atoms. The highest BCUT2D eigenvalue weighted by atomic mass is 19.3. The van der Waals surface area contributed by atoms with Crippen molar-refractivity contribution in [3.63, 3.8) is 0 Å². The van der Waals surface area contributed by atoms with Gasteiger partial charge in [-0.25, -0.2) is 4.79 Å². The van der Waals surface area contributed by atoms with Crippen LogP contribution in [0.25, 0.3) is 0 Å². The largest absolute Gasteiger partial charge is 0.447 e. The van der Waals surface area contributed by atoms with E-state index in [2.05, 4.69) is 10.1 Å². The van der Waals surface area contributed by atoms with Crippen molar-refractivity contribution in [2.45, 2.75) is 19.1 Å². The summed E-state index contributed by atoms with van der Waals surface area (Å²) in [5.41, 5.74) is 0.144. The van der Waals surface area contributed by atoms with Gasteiger partial charge in [0.15, 0.2) is 0 Å². The number of ether oxygens (including phenoxy) is 2. The molecule has 1 aliphatic heterocycles. The first-order valence-electron chi connectivity index (χ1n) is 5.00. The molecule has 0 radical (unpaired) electrons. The number of rotatable bonds is 3. The highest BCUT2D eigenvalue weighted by molar-refractivity contribution is 5.71. The molecule has 1 unspecified atom stereocenters. The fraction of sp³-hybridized carbons (Fsp3) is 0.364. The van der Waals surface area contributed by atoms with E-state index in [0.717, 1.165) is 5.56 Å². The van der Waals surface area contributed by atoms with Gasteiger partial charge in [-0.05, 0) is 24.6 Å². The first-order chi connectivity index (χ1) is 7.99. The van der Waals surface area contributed by atoms with Gasteiger partial charge in [-0.3, -0.25) is 0 Å². The lowest BCUT2D eigenvalue weighted by Gasteiger charge is -2.21. The summed E-state index contributed by atoms with van der Waals surface area (Å²) in [6.45, 7) is -0.840. The van der Waals surface area contributed by atoms with Crippen LogP contribution in [-0.4, -0.2) is 19.3 Å². The van der Waals surface area contributed by atoms with Crippen LogP contribution in [-0.2, 0) is 10.3 Å². The van der Waals surface area contributed by atoms with Crippen LogP contribution in [0.5, 0.6) is 5.75 Å². The Morgan fingerprint density at radius 1 is 1.41 bits per heavy atom. The third-order valence-electron chi connectivity index (χ3n) is 2.59. The Labute approximate surface area is 96.5 Å². The number of carbonyl (C=O) groups excluding carboxylic acids is 1. The molecule has 2 rings (SSSR count). The molecule has 4 nitrogen and oxygen atoms in total. The van der Waals surface area contributed by atoms with Gasteiger partial charge >= 0.3 is 12.7 Å². The van der Waals surface area contributed by atoms with E-state index in [1.165, 1.54) is 12.1 Å². The quantitative estimate of drug-likeness (QED) is 0.885. The van der Waals surface area contributed by atoms with E-state index in [1.54, 1.807) is 19.1 Å². The van der Waals surface area contributed by atoms with Crippen molar-refractivity contribution < 1.29 is 23.0 Å². The molecule has 1 aromatic carbocycles. The summed E-state index contributed by atoms with van der Waals surface area (Å²) in [5, 5.41) is 2.66. The zero-order chi connectivity index (χ0) is 12.5. The van der Waals surface area contributed by atoms with E-state index in [4.69, 9.17) is 4.74 Å². The Hall–Kier alpha value is -1.85. The van der Waals surface area contributed by atoms with Crippen molar-refractivity contribution in [1.82, 2.24) is 5.32 Å². The number of benzene rings is 1. The second-order valence-electron chi connectivity index (χ2n) is 3.94. The molecule has 0 aromatic heterocycles. The highest BCUT2D eigenvalue weighted by Crippen LogP contribution is 2.27. The maximum atomic E-state index is 11.9. The molecule has 1 heterocycles. The molecule has 1 aliphatic rings. The van der Waals surface area contributed by atoms with Gasteiger partial charge in [0.05, 0.1) is 5.54 Å². The fourth-order valence-electron chi connectivity index (χ4n) is 1.67. The maximum absolute atomic E-state index is 11.9. The van der Waals surface area contributed by atoms with Gasteiger partial charge in [-0.15, -0.1) is 0 Å².